The zero-order valence-corrected chi connectivity index (χ0v) is 12.8. The molecule has 0 aliphatic rings. The topological polar surface area (TPSA) is 46.9 Å². The Hall–Kier alpha value is -2.62. The highest BCUT2D eigenvalue weighted by molar-refractivity contribution is 5.81. The lowest BCUT2D eigenvalue weighted by atomic mass is 10.1. The smallest absolute Gasteiger partial charge is 0.224 e. The summed E-state index contributed by atoms with van der Waals surface area (Å²) in [7, 11) is 1.96. The number of hydrogen-bond acceptors (Lipinski definition) is 2. The molecule has 0 aliphatic heterocycles. The van der Waals surface area contributed by atoms with Crippen molar-refractivity contribution in [2.75, 3.05) is 0 Å². The summed E-state index contributed by atoms with van der Waals surface area (Å²) in [6, 6.07) is 14.0. The standard InChI is InChI=1S/C18H19N3O/c1-13-5-3-4-6-15(13)11-19-18(22)10-14-7-8-17-16(9-14)20-12-21(17)2/h3-9,12H,10-11H2,1-2H3,(H,19,22). The molecule has 1 N–H and O–H groups in total. The predicted molar refractivity (Wildman–Crippen MR) is 87.4 cm³/mol. The lowest BCUT2D eigenvalue weighted by Gasteiger charge is -2.08. The molecule has 0 radical (unpaired) electrons. The molecule has 4 heteroatoms. The van der Waals surface area contributed by atoms with Crippen molar-refractivity contribution in [1.82, 2.24) is 14.9 Å². The van der Waals surface area contributed by atoms with E-state index in [1.807, 2.05) is 48.0 Å². The van der Waals surface area contributed by atoms with Crippen LogP contribution in [-0.4, -0.2) is 15.5 Å². The van der Waals surface area contributed by atoms with Crippen molar-refractivity contribution in [3.8, 4) is 0 Å². The first-order valence-corrected chi connectivity index (χ1v) is 7.34. The number of hydrogen-bond donors (Lipinski definition) is 1. The van der Waals surface area contributed by atoms with Gasteiger partial charge in [0.1, 0.15) is 0 Å². The van der Waals surface area contributed by atoms with Crippen LogP contribution in [0.15, 0.2) is 48.8 Å². The van der Waals surface area contributed by atoms with Crippen molar-refractivity contribution in [2.45, 2.75) is 19.9 Å². The Bertz CT molecular complexity index is 820. The zero-order valence-electron chi connectivity index (χ0n) is 12.8. The summed E-state index contributed by atoms with van der Waals surface area (Å²) in [4.78, 5) is 16.4. The van der Waals surface area contributed by atoms with Gasteiger partial charge in [-0.05, 0) is 35.7 Å². The normalized spacial score (nSPS) is 10.8. The van der Waals surface area contributed by atoms with Gasteiger partial charge in [0, 0.05) is 13.6 Å². The first kappa shape index (κ1) is 14.3. The highest BCUT2D eigenvalue weighted by Gasteiger charge is 2.07. The van der Waals surface area contributed by atoms with E-state index in [0.29, 0.717) is 13.0 Å². The highest BCUT2D eigenvalue weighted by Crippen LogP contribution is 2.14. The molecule has 1 aromatic heterocycles. The number of rotatable bonds is 4. The molecule has 1 heterocycles. The Kier molecular flexibility index (Phi) is 3.92. The van der Waals surface area contributed by atoms with E-state index in [1.165, 1.54) is 5.56 Å². The SMILES string of the molecule is Cc1ccccc1CNC(=O)Cc1ccc2c(c1)ncn2C. The van der Waals surface area contributed by atoms with Crippen molar-refractivity contribution < 1.29 is 4.79 Å². The number of benzene rings is 2. The van der Waals surface area contributed by atoms with E-state index in [1.54, 1.807) is 6.33 Å². The van der Waals surface area contributed by atoms with Crippen LogP contribution in [0.5, 0.6) is 0 Å². The van der Waals surface area contributed by atoms with E-state index in [2.05, 4.69) is 23.3 Å². The molecular formula is C18H19N3O. The van der Waals surface area contributed by atoms with E-state index in [0.717, 1.165) is 22.2 Å². The second-order valence-corrected chi connectivity index (χ2v) is 5.56. The van der Waals surface area contributed by atoms with Crippen LogP contribution in [0.25, 0.3) is 11.0 Å². The average Bonchev–Trinajstić information content (AvgIpc) is 2.87. The van der Waals surface area contributed by atoms with E-state index in [-0.39, 0.29) is 5.91 Å². The van der Waals surface area contributed by atoms with Crippen LogP contribution in [-0.2, 0) is 24.8 Å². The number of carbonyl (C=O) groups is 1. The minimum atomic E-state index is 0.0264. The zero-order chi connectivity index (χ0) is 15.5. The fourth-order valence-corrected chi connectivity index (χ4v) is 2.54. The molecule has 0 fully saturated rings. The van der Waals surface area contributed by atoms with E-state index in [4.69, 9.17) is 0 Å². The summed E-state index contributed by atoms with van der Waals surface area (Å²) < 4.78 is 1.97. The largest absolute Gasteiger partial charge is 0.352 e. The molecule has 0 saturated carbocycles. The summed E-state index contributed by atoms with van der Waals surface area (Å²) in [5, 5.41) is 2.98. The molecule has 0 atom stereocenters. The van der Waals surface area contributed by atoms with E-state index >= 15 is 0 Å². The molecule has 0 saturated heterocycles. The van der Waals surface area contributed by atoms with Gasteiger partial charge in [0.25, 0.3) is 0 Å². The molecular weight excluding hydrogens is 274 g/mol. The molecule has 22 heavy (non-hydrogen) atoms. The third-order valence-corrected chi connectivity index (χ3v) is 3.89. The van der Waals surface area contributed by atoms with Crippen LogP contribution in [0.4, 0.5) is 0 Å². The van der Waals surface area contributed by atoms with Gasteiger partial charge in [-0.25, -0.2) is 4.98 Å². The first-order valence-electron chi connectivity index (χ1n) is 7.34. The monoisotopic (exact) mass is 293 g/mol. The maximum Gasteiger partial charge on any atom is 0.224 e. The van der Waals surface area contributed by atoms with Crippen LogP contribution in [0.2, 0.25) is 0 Å². The molecule has 0 unspecified atom stereocenters. The fraction of sp³-hybridized carbons (Fsp3) is 0.222. The number of nitrogens with zero attached hydrogens (tertiary/aromatic N) is 2. The van der Waals surface area contributed by atoms with Gasteiger partial charge in [-0.3, -0.25) is 4.79 Å². The summed E-state index contributed by atoms with van der Waals surface area (Å²) >= 11 is 0. The predicted octanol–water partition coefficient (Wildman–Crippen LogP) is 2.74. The molecule has 3 rings (SSSR count). The number of amides is 1. The van der Waals surface area contributed by atoms with Gasteiger partial charge in [0.05, 0.1) is 23.8 Å². The molecule has 0 bridgehead atoms. The van der Waals surface area contributed by atoms with E-state index < -0.39 is 0 Å². The van der Waals surface area contributed by atoms with Gasteiger partial charge in [-0.1, -0.05) is 30.3 Å². The second kappa shape index (κ2) is 6.02. The minimum Gasteiger partial charge on any atom is -0.352 e. The molecule has 0 aliphatic carbocycles. The molecule has 4 nitrogen and oxygen atoms in total. The van der Waals surface area contributed by atoms with Gasteiger partial charge in [0.15, 0.2) is 0 Å². The number of aromatic nitrogens is 2. The average molecular weight is 293 g/mol. The van der Waals surface area contributed by atoms with Crippen LogP contribution in [0.1, 0.15) is 16.7 Å². The summed E-state index contributed by atoms with van der Waals surface area (Å²) in [6.07, 6.45) is 2.16. The third-order valence-electron chi connectivity index (χ3n) is 3.89. The Morgan fingerprint density at radius 2 is 2.05 bits per heavy atom. The van der Waals surface area contributed by atoms with Crippen LogP contribution >= 0.6 is 0 Å². The van der Waals surface area contributed by atoms with Crippen molar-refractivity contribution in [3.05, 3.63) is 65.5 Å². The second-order valence-electron chi connectivity index (χ2n) is 5.56. The first-order chi connectivity index (χ1) is 10.6. The van der Waals surface area contributed by atoms with Crippen molar-refractivity contribution in [3.63, 3.8) is 0 Å². The molecule has 1 amide bonds. The number of nitrogens with one attached hydrogen (secondary N) is 1. The molecule has 112 valence electrons. The Balaban J connectivity index is 1.64. The maximum absolute atomic E-state index is 12.1. The summed E-state index contributed by atoms with van der Waals surface area (Å²) in [6.45, 7) is 2.62. The van der Waals surface area contributed by atoms with Crippen molar-refractivity contribution >= 4 is 16.9 Å². The quantitative estimate of drug-likeness (QED) is 0.804. The number of carbonyl (C=O) groups excluding carboxylic acids is 1. The van der Waals surface area contributed by atoms with Gasteiger partial charge in [-0.2, -0.15) is 0 Å². The minimum absolute atomic E-state index is 0.0264. The number of imidazole rings is 1. The van der Waals surface area contributed by atoms with Crippen LogP contribution in [0.3, 0.4) is 0 Å². The lowest BCUT2D eigenvalue weighted by Crippen LogP contribution is -2.24. The van der Waals surface area contributed by atoms with Crippen molar-refractivity contribution in [1.29, 1.82) is 0 Å². The Morgan fingerprint density at radius 1 is 1.23 bits per heavy atom. The van der Waals surface area contributed by atoms with E-state index in [9.17, 15) is 4.79 Å². The number of fused-ring (bicyclic) bond motifs is 1. The molecule has 0 spiro atoms. The highest BCUT2D eigenvalue weighted by atomic mass is 16.1. The maximum atomic E-state index is 12.1. The fourth-order valence-electron chi connectivity index (χ4n) is 2.54. The van der Waals surface area contributed by atoms with Crippen LogP contribution in [0, 0.1) is 6.92 Å². The summed E-state index contributed by atoms with van der Waals surface area (Å²) in [5.41, 5.74) is 5.32. The Labute approximate surface area is 129 Å². The third kappa shape index (κ3) is 3.01. The summed E-state index contributed by atoms with van der Waals surface area (Å²) in [5.74, 6) is 0.0264. The van der Waals surface area contributed by atoms with Crippen LogP contribution < -0.4 is 5.32 Å². The van der Waals surface area contributed by atoms with Gasteiger partial charge >= 0.3 is 0 Å². The number of aryl methyl sites for hydroxylation is 2. The van der Waals surface area contributed by atoms with Gasteiger partial charge in [0.2, 0.25) is 5.91 Å². The molecule has 2 aromatic carbocycles. The molecule has 3 aromatic rings. The van der Waals surface area contributed by atoms with Crippen molar-refractivity contribution in [2.24, 2.45) is 7.05 Å². The van der Waals surface area contributed by atoms with Gasteiger partial charge in [-0.15, -0.1) is 0 Å². The van der Waals surface area contributed by atoms with Gasteiger partial charge < -0.3 is 9.88 Å². The Morgan fingerprint density at radius 3 is 2.86 bits per heavy atom. The lowest BCUT2D eigenvalue weighted by molar-refractivity contribution is -0.120.